The molecular formula is C18H19N3O. The molecule has 2 aliphatic rings. The standard InChI is InChI=1S/C18H19N3O/c1-20-10-14(8-16(20)9-19)11-21-7-6-18(13-21)17-5-3-2-4-15(17)12-22-18/h2-5,8,10H,6-7,11-13H2,1H3. The van der Waals surface area contributed by atoms with Crippen molar-refractivity contribution in [2.45, 2.75) is 25.2 Å². The SMILES string of the molecule is Cn1cc(CN2CCC3(C2)OCc2ccccc23)cc1C#N. The molecule has 2 aromatic rings. The summed E-state index contributed by atoms with van der Waals surface area (Å²) in [4.78, 5) is 2.43. The van der Waals surface area contributed by atoms with Gasteiger partial charge >= 0.3 is 0 Å². The van der Waals surface area contributed by atoms with Crippen LogP contribution < -0.4 is 0 Å². The Labute approximate surface area is 130 Å². The van der Waals surface area contributed by atoms with Crippen molar-refractivity contribution >= 4 is 0 Å². The van der Waals surface area contributed by atoms with Gasteiger partial charge in [0.25, 0.3) is 0 Å². The third kappa shape index (κ3) is 2.06. The van der Waals surface area contributed by atoms with Gasteiger partial charge in [0.05, 0.1) is 6.61 Å². The smallest absolute Gasteiger partial charge is 0.120 e. The molecule has 22 heavy (non-hydrogen) atoms. The number of ether oxygens (including phenoxy) is 1. The Balaban J connectivity index is 1.53. The first-order valence-corrected chi connectivity index (χ1v) is 7.70. The number of hydrogen-bond acceptors (Lipinski definition) is 3. The minimum atomic E-state index is -0.122. The number of hydrogen-bond donors (Lipinski definition) is 0. The molecule has 2 aliphatic heterocycles. The summed E-state index contributed by atoms with van der Waals surface area (Å²) in [5.74, 6) is 0. The lowest BCUT2D eigenvalue weighted by Gasteiger charge is -2.24. The highest BCUT2D eigenvalue weighted by Gasteiger charge is 2.45. The van der Waals surface area contributed by atoms with Crippen molar-refractivity contribution in [3.8, 4) is 6.07 Å². The summed E-state index contributed by atoms with van der Waals surface area (Å²) in [7, 11) is 1.92. The average molecular weight is 293 g/mol. The molecule has 1 aromatic heterocycles. The molecule has 0 saturated carbocycles. The Bertz CT molecular complexity index is 758. The molecule has 1 fully saturated rings. The Morgan fingerprint density at radius 2 is 2.23 bits per heavy atom. The Kier molecular flexibility index (Phi) is 3.07. The van der Waals surface area contributed by atoms with Crippen molar-refractivity contribution in [2.24, 2.45) is 7.05 Å². The first kappa shape index (κ1) is 13.6. The minimum Gasteiger partial charge on any atom is -0.364 e. The third-order valence-electron chi connectivity index (χ3n) is 4.91. The highest BCUT2D eigenvalue weighted by molar-refractivity contribution is 5.37. The summed E-state index contributed by atoms with van der Waals surface area (Å²) in [6.45, 7) is 3.57. The maximum atomic E-state index is 9.06. The van der Waals surface area contributed by atoms with Crippen molar-refractivity contribution in [3.05, 3.63) is 58.9 Å². The zero-order valence-corrected chi connectivity index (χ0v) is 12.7. The zero-order chi connectivity index (χ0) is 15.2. The van der Waals surface area contributed by atoms with E-state index in [1.54, 1.807) is 0 Å². The zero-order valence-electron chi connectivity index (χ0n) is 12.7. The van der Waals surface area contributed by atoms with Gasteiger partial charge in [-0.2, -0.15) is 5.26 Å². The maximum absolute atomic E-state index is 9.06. The number of rotatable bonds is 2. The van der Waals surface area contributed by atoms with Gasteiger partial charge in [-0.3, -0.25) is 4.90 Å². The predicted molar refractivity (Wildman–Crippen MR) is 82.9 cm³/mol. The van der Waals surface area contributed by atoms with Crippen LogP contribution in [0.2, 0.25) is 0 Å². The van der Waals surface area contributed by atoms with E-state index in [4.69, 9.17) is 10.00 Å². The van der Waals surface area contributed by atoms with E-state index in [0.29, 0.717) is 5.69 Å². The molecule has 1 unspecified atom stereocenters. The number of aryl methyl sites for hydroxylation is 1. The highest BCUT2D eigenvalue weighted by atomic mass is 16.5. The van der Waals surface area contributed by atoms with Gasteiger partial charge in [-0.25, -0.2) is 0 Å². The van der Waals surface area contributed by atoms with Crippen molar-refractivity contribution in [1.29, 1.82) is 5.26 Å². The molecule has 1 spiro atoms. The third-order valence-corrected chi connectivity index (χ3v) is 4.91. The van der Waals surface area contributed by atoms with Gasteiger partial charge in [0.2, 0.25) is 0 Å². The second kappa shape index (κ2) is 4.98. The van der Waals surface area contributed by atoms with Crippen LogP contribution in [-0.2, 0) is 30.5 Å². The van der Waals surface area contributed by atoms with Crippen LogP contribution in [0.25, 0.3) is 0 Å². The largest absolute Gasteiger partial charge is 0.364 e. The predicted octanol–water partition coefficient (Wildman–Crippen LogP) is 2.53. The molecule has 112 valence electrons. The molecule has 0 aliphatic carbocycles. The molecule has 1 saturated heterocycles. The first-order chi connectivity index (χ1) is 10.7. The van der Waals surface area contributed by atoms with Crippen molar-refractivity contribution < 1.29 is 4.74 Å². The number of nitriles is 1. The van der Waals surface area contributed by atoms with Crippen molar-refractivity contribution in [2.75, 3.05) is 13.1 Å². The van der Waals surface area contributed by atoms with Gasteiger partial charge in [-0.1, -0.05) is 24.3 Å². The van der Waals surface area contributed by atoms with Crippen LogP contribution in [0.5, 0.6) is 0 Å². The molecule has 0 amide bonds. The summed E-state index contributed by atoms with van der Waals surface area (Å²) in [6.07, 6.45) is 3.09. The van der Waals surface area contributed by atoms with Crippen LogP contribution in [0.3, 0.4) is 0 Å². The summed E-state index contributed by atoms with van der Waals surface area (Å²) < 4.78 is 8.08. The van der Waals surface area contributed by atoms with Crippen LogP contribution in [-0.4, -0.2) is 22.6 Å². The highest BCUT2D eigenvalue weighted by Crippen LogP contribution is 2.43. The topological polar surface area (TPSA) is 41.2 Å². The molecule has 0 N–H and O–H groups in total. The van der Waals surface area contributed by atoms with Crippen LogP contribution in [0.15, 0.2) is 36.5 Å². The number of nitrogens with zero attached hydrogens (tertiary/aromatic N) is 3. The molecule has 1 aromatic carbocycles. The lowest BCUT2D eigenvalue weighted by molar-refractivity contribution is -0.0299. The van der Waals surface area contributed by atoms with E-state index in [1.807, 2.05) is 23.9 Å². The van der Waals surface area contributed by atoms with E-state index in [-0.39, 0.29) is 5.60 Å². The fourth-order valence-electron chi connectivity index (χ4n) is 3.80. The van der Waals surface area contributed by atoms with Gasteiger partial charge in [0.15, 0.2) is 0 Å². The molecule has 0 radical (unpaired) electrons. The lowest BCUT2D eigenvalue weighted by Crippen LogP contribution is -2.30. The second-order valence-corrected chi connectivity index (χ2v) is 6.36. The number of benzene rings is 1. The minimum absolute atomic E-state index is 0.122. The average Bonchev–Trinajstić information content (AvgIpc) is 3.20. The van der Waals surface area contributed by atoms with E-state index in [9.17, 15) is 0 Å². The number of aromatic nitrogens is 1. The van der Waals surface area contributed by atoms with Gasteiger partial charge in [0.1, 0.15) is 17.4 Å². The van der Waals surface area contributed by atoms with Crippen LogP contribution in [0, 0.1) is 11.3 Å². The molecule has 4 heteroatoms. The van der Waals surface area contributed by atoms with E-state index in [2.05, 4.69) is 35.2 Å². The van der Waals surface area contributed by atoms with E-state index in [1.165, 1.54) is 16.7 Å². The summed E-state index contributed by atoms with van der Waals surface area (Å²) in [6, 6.07) is 12.8. The van der Waals surface area contributed by atoms with Gasteiger partial charge < -0.3 is 9.30 Å². The Morgan fingerprint density at radius 3 is 3.05 bits per heavy atom. The van der Waals surface area contributed by atoms with E-state index >= 15 is 0 Å². The number of likely N-dealkylation sites (tertiary alicyclic amines) is 1. The van der Waals surface area contributed by atoms with Gasteiger partial charge in [-0.05, 0) is 29.2 Å². The normalized spacial score (nSPS) is 23.8. The fourth-order valence-corrected chi connectivity index (χ4v) is 3.80. The second-order valence-electron chi connectivity index (χ2n) is 6.36. The molecule has 4 rings (SSSR count). The molecule has 0 bridgehead atoms. The fraction of sp³-hybridized carbons (Fsp3) is 0.389. The Hall–Kier alpha value is -2.09. The Morgan fingerprint density at radius 1 is 1.36 bits per heavy atom. The lowest BCUT2D eigenvalue weighted by atomic mass is 9.92. The van der Waals surface area contributed by atoms with Crippen molar-refractivity contribution in [3.63, 3.8) is 0 Å². The molecular weight excluding hydrogens is 274 g/mol. The van der Waals surface area contributed by atoms with Gasteiger partial charge in [0, 0.05) is 32.9 Å². The van der Waals surface area contributed by atoms with Gasteiger partial charge in [-0.15, -0.1) is 0 Å². The molecule has 4 nitrogen and oxygen atoms in total. The first-order valence-electron chi connectivity index (χ1n) is 7.70. The van der Waals surface area contributed by atoms with Crippen molar-refractivity contribution in [1.82, 2.24) is 9.47 Å². The maximum Gasteiger partial charge on any atom is 0.120 e. The monoisotopic (exact) mass is 293 g/mol. The molecule has 3 heterocycles. The van der Waals surface area contributed by atoms with Crippen LogP contribution in [0.4, 0.5) is 0 Å². The molecule has 1 atom stereocenters. The quantitative estimate of drug-likeness (QED) is 0.854. The van der Waals surface area contributed by atoms with Crippen LogP contribution in [0.1, 0.15) is 28.8 Å². The summed E-state index contributed by atoms with van der Waals surface area (Å²) in [5.41, 5.74) is 4.48. The van der Waals surface area contributed by atoms with Crippen LogP contribution >= 0.6 is 0 Å². The van der Waals surface area contributed by atoms with E-state index < -0.39 is 0 Å². The summed E-state index contributed by atoms with van der Waals surface area (Å²) in [5, 5.41) is 9.06. The van der Waals surface area contributed by atoms with E-state index in [0.717, 1.165) is 32.7 Å². The number of fused-ring (bicyclic) bond motifs is 2. The summed E-state index contributed by atoms with van der Waals surface area (Å²) >= 11 is 0.